The summed E-state index contributed by atoms with van der Waals surface area (Å²) in [7, 11) is 1.13. The van der Waals surface area contributed by atoms with Gasteiger partial charge in [0.1, 0.15) is 4.90 Å². The van der Waals surface area contributed by atoms with Gasteiger partial charge in [-0.25, -0.2) is 8.42 Å². The maximum Gasteiger partial charge on any atom is 0.271 e. The van der Waals surface area contributed by atoms with Crippen LogP contribution in [0.5, 0.6) is 0 Å². The van der Waals surface area contributed by atoms with Gasteiger partial charge in [0, 0.05) is 22.8 Å². The average molecular weight is 270 g/mol. The van der Waals surface area contributed by atoms with Crippen LogP contribution in [0.3, 0.4) is 0 Å². The predicted molar refractivity (Wildman–Crippen MR) is 55.9 cm³/mol. The first-order valence-electron chi connectivity index (χ1n) is 3.62. The van der Waals surface area contributed by atoms with E-state index in [0.29, 0.717) is 0 Å². The van der Waals surface area contributed by atoms with E-state index in [4.69, 9.17) is 22.3 Å². The van der Waals surface area contributed by atoms with Gasteiger partial charge < -0.3 is 0 Å². The Kier molecular flexibility index (Phi) is 3.22. The number of aryl methyl sites for hydroxylation is 1. The summed E-state index contributed by atoms with van der Waals surface area (Å²) in [6.45, 7) is 1.38. The molecule has 0 N–H and O–H groups in total. The van der Waals surface area contributed by atoms with E-state index >= 15 is 0 Å². The van der Waals surface area contributed by atoms with Gasteiger partial charge in [-0.2, -0.15) is 0 Å². The van der Waals surface area contributed by atoms with Crippen LogP contribution in [0.15, 0.2) is 17.0 Å². The first-order valence-corrected chi connectivity index (χ1v) is 6.31. The van der Waals surface area contributed by atoms with Crippen molar-refractivity contribution in [3.63, 3.8) is 0 Å². The number of hydrogen-bond donors (Lipinski definition) is 0. The lowest BCUT2D eigenvalue weighted by atomic mass is 10.2. The van der Waals surface area contributed by atoms with Crippen molar-refractivity contribution in [1.82, 2.24) is 0 Å². The number of non-ortho nitro benzene ring substituents is 1. The second-order valence-electron chi connectivity index (χ2n) is 2.77. The van der Waals surface area contributed by atoms with Gasteiger partial charge in [0.2, 0.25) is 0 Å². The molecule has 0 radical (unpaired) electrons. The summed E-state index contributed by atoms with van der Waals surface area (Å²) >= 11 is 5.60. The third-order valence-electron chi connectivity index (χ3n) is 1.67. The normalized spacial score (nSPS) is 11.4. The van der Waals surface area contributed by atoms with Gasteiger partial charge >= 0.3 is 0 Å². The second-order valence-corrected chi connectivity index (χ2v) is 5.68. The molecule has 0 aromatic heterocycles. The maximum atomic E-state index is 11.1. The predicted octanol–water partition coefficient (Wildman–Crippen LogP) is 2.48. The van der Waals surface area contributed by atoms with Crippen LogP contribution in [-0.4, -0.2) is 13.3 Å². The van der Waals surface area contributed by atoms with E-state index in [1.807, 2.05) is 0 Å². The Morgan fingerprint density at radius 1 is 1.40 bits per heavy atom. The molecule has 0 spiro atoms. The molecule has 15 heavy (non-hydrogen) atoms. The zero-order chi connectivity index (χ0) is 11.8. The summed E-state index contributed by atoms with van der Waals surface area (Å²) in [5.41, 5.74) is -0.134. The zero-order valence-corrected chi connectivity index (χ0v) is 9.73. The van der Waals surface area contributed by atoms with Crippen molar-refractivity contribution in [2.45, 2.75) is 11.8 Å². The van der Waals surface area contributed by atoms with E-state index in [-0.39, 0.29) is 21.2 Å². The minimum atomic E-state index is -3.99. The highest BCUT2D eigenvalue weighted by molar-refractivity contribution is 8.13. The summed E-state index contributed by atoms with van der Waals surface area (Å²) < 4.78 is 22.1. The highest BCUT2D eigenvalue weighted by Crippen LogP contribution is 2.31. The Hall–Kier alpha value is -0.850. The Morgan fingerprint density at radius 2 is 1.93 bits per heavy atom. The summed E-state index contributed by atoms with van der Waals surface area (Å²) in [5.74, 6) is 0. The van der Waals surface area contributed by atoms with E-state index < -0.39 is 14.0 Å². The maximum absolute atomic E-state index is 11.1. The molecule has 8 heteroatoms. The number of hydrogen-bond acceptors (Lipinski definition) is 4. The molecule has 82 valence electrons. The van der Waals surface area contributed by atoms with E-state index in [9.17, 15) is 18.5 Å². The standard InChI is InChI=1S/C7H5Cl2NO4S/c1-4-2-5(10(11)12)3-6(8)7(4)15(9,13)14/h2-3H,1H3. The van der Waals surface area contributed by atoms with Crippen LogP contribution in [-0.2, 0) is 9.05 Å². The monoisotopic (exact) mass is 269 g/mol. The number of halogens is 2. The number of rotatable bonds is 2. The van der Waals surface area contributed by atoms with Crippen LogP contribution < -0.4 is 0 Å². The first kappa shape index (κ1) is 12.2. The second kappa shape index (κ2) is 3.96. The summed E-state index contributed by atoms with van der Waals surface area (Å²) in [6, 6.07) is 2.05. The minimum absolute atomic E-state index is 0.143. The fraction of sp³-hybridized carbons (Fsp3) is 0.143. The fourth-order valence-electron chi connectivity index (χ4n) is 1.13. The molecule has 5 nitrogen and oxygen atoms in total. The van der Waals surface area contributed by atoms with Gasteiger partial charge in [0.15, 0.2) is 0 Å². The van der Waals surface area contributed by atoms with Gasteiger partial charge in [-0.1, -0.05) is 11.6 Å². The van der Waals surface area contributed by atoms with Crippen LogP contribution in [0.2, 0.25) is 5.02 Å². The van der Waals surface area contributed by atoms with Gasteiger partial charge in [0.05, 0.1) is 9.95 Å². The van der Waals surface area contributed by atoms with Gasteiger partial charge in [-0.15, -0.1) is 0 Å². The molecule has 0 saturated heterocycles. The molecule has 0 amide bonds. The fourth-order valence-corrected chi connectivity index (χ4v) is 3.16. The van der Waals surface area contributed by atoms with E-state index in [0.717, 1.165) is 12.1 Å². The van der Waals surface area contributed by atoms with Crippen LogP contribution in [0.25, 0.3) is 0 Å². The quantitative estimate of drug-likeness (QED) is 0.470. The molecule has 0 heterocycles. The van der Waals surface area contributed by atoms with Gasteiger partial charge in [0.25, 0.3) is 14.7 Å². The van der Waals surface area contributed by atoms with Gasteiger partial charge in [-0.05, 0) is 12.5 Å². The average Bonchev–Trinajstić information content (AvgIpc) is 1.99. The number of benzene rings is 1. The third kappa shape index (κ3) is 2.58. The highest BCUT2D eigenvalue weighted by atomic mass is 35.7. The van der Waals surface area contributed by atoms with Crippen molar-refractivity contribution in [2.75, 3.05) is 0 Å². The van der Waals surface area contributed by atoms with Crippen LogP contribution in [0, 0.1) is 17.0 Å². The number of nitro groups is 1. The van der Waals surface area contributed by atoms with Crippen molar-refractivity contribution in [3.8, 4) is 0 Å². The highest BCUT2D eigenvalue weighted by Gasteiger charge is 2.21. The van der Waals surface area contributed by atoms with Crippen molar-refractivity contribution < 1.29 is 13.3 Å². The Labute approximate surface area is 95.2 Å². The molecular formula is C7H5Cl2NO4S. The molecule has 1 aromatic carbocycles. The molecule has 0 atom stereocenters. The van der Waals surface area contributed by atoms with Crippen molar-refractivity contribution in [1.29, 1.82) is 0 Å². The molecule has 0 fully saturated rings. The molecule has 0 bridgehead atoms. The van der Waals surface area contributed by atoms with Gasteiger partial charge in [-0.3, -0.25) is 10.1 Å². The largest absolute Gasteiger partial charge is 0.271 e. The lowest BCUT2D eigenvalue weighted by molar-refractivity contribution is -0.384. The Bertz CT molecular complexity index is 503. The molecule has 1 rings (SSSR count). The molecule has 0 saturated carbocycles. The molecule has 0 aliphatic rings. The summed E-state index contributed by atoms with van der Waals surface area (Å²) in [4.78, 5) is 9.47. The molecular weight excluding hydrogens is 265 g/mol. The molecule has 0 aliphatic heterocycles. The molecule has 0 aliphatic carbocycles. The van der Waals surface area contributed by atoms with Crippen molar-refractivity contribution in [3.05, 3.63) is 32.8 Å². The van der Waals surface area contributed by atoms with Crippen LogP contribution in [0.4, 0.5) is 5.69 Å². The van der Waals surface area contributed by atoms with Crippen LogP contribution >= 0.6 is 22.3 Å². The topological polar surface area (TPSA) is 77.3 Å². The Morgan fingerprint density at radius 3 is 2.27 bits per heavy atom. The lowest BCUT2D eigenvalue weighted by Gasteiger charge is -2.03. The van der Waals surface area contributed by atoms with E-state index in [2.05, 4.69) is 0 Å². The number of nitrogens with zero attached hydrogens (tertiary/aromatic N) is 1. The van der Waals surface area contributed by atoms with Crippen molar-refractivity contribution in [2.24, 2.45) is 0 Å². The molecule has 0 unspecified atom stereocenters. The molecule has 1 aromatic rings. The Balaban J connectivity index is 3.55. The van der Waals surface area contributed by atoms with Crippen molar-refractivity contribution >= 4 is 37.0 Å². The summed E-state index contributed by atoms with van der Waals surface area (Å²) in [6.07, 6.45) is 0. The third-order valence-corrected chi connectivity index (χ3v) is 3.57. The van der Waals surface area contributed by atoms with E-state index in [1.165, 1.54) is 6.92 Å². The van der Waals surface area contributed by atoms with E-state index in [1.54, 1.807) is 0 Å². The van der Waals surface area contributed by atoms with Crippen LogP contribution in [0.1, 0.15) is 5.56 Å². The lowest BCUT2D eigenvalue weighted by Crippen LogP contribution is -1.98. The first-order chi connectivity index (χ1) is 6.73. The SMILES string of the molecule is Cc1cc([N+](=O)[O-])cc(Cl)c1S(=O)(=O)Cl. The number of nitro benzene ring substituents is 1. The summed E-state index contributed by atoms with van der Waals surface area (Å²) in [5, 5.41) is 10.2. The smallest absolute Gasteiger partial charge is 0.258 e. The minimum Gasteiger partial charge on any atom is -0.258 e. The zero-order valence-electron chi connectivity index (χ0n) is 7.40.